The molecule has 0 aromatic heterocycles. The second-order valence-corrected chi connectivity index (χ2v) is 2.61. The summed E-state index contributed by atoms with van der Waals surface area (Å²) in [6, 6.07) is 3.65. The molecule has 2 N–H and O–H groups in total. The molecule has 0 aliphatic heterocycles. The Morgan fingerprint density at radius 2 is 1.91 bits per heavy atom. The first-order chi connectivity index (χ1) is 5.15. The number of nitrogen functional groups attached to an aromatic ring is 1. The van der Waals surface area contributed by atoms with Gasteiger partial charge in [-0.05, 0) is 31.0 Å². The first-order valence-corrected chi connectivity index (χ1v) is 3.39. The number of rotatable bonds is 0. The molecule has 56 valence electrons. The van der Waals surface area contributed by atoms with Crippen LogP contribution in [0.1, 0.15) is 11.1 Å². The summed E-state index contributed by atoms with van der Waals surface area (Å²) in [5.41, 5.74) is 9.01. The van der Waals surface area contributed by atoms with Gasteiger partial charge < -0.3 is 5.73 Å². The normalized spacial score (nSPS) is 9.18. The van der Waals surface area contributed by atoms with Gasteiger partial charge in [-0.15, -0.1) is 0 Å². The standard InChI is InChI=1S/C9H10N2/c1-6-5-9(11-3)7(2)4-8(6)10/h4-5H,10H2,1-2H3. The fourth-order valence-electron chi connectivity index (χ4n) is 0.944. The van der Waals surface area contributed by atoms with Crippen molar-refractivity contribution in [2.24, 2.45) is 0 Å². The van der Waals surface area contributed by atoms with E-state index in [1.54, 1.807) is 0 Å². The zero-order valence-electron chi connectivity index (χ0n) is 6.68. The van der Waals surface area contributed by atoms with Gasteiger partial charge in [-0.3, -0.25) is 0 Å². The largest absolute Gasteiger partial charge is 0.399 e. The van der Waals surface area contributed by atoms with Gasteiger partial charge in [-0.2, -0.15) is 0 Å². The summed E-state index contributed by atoms with van der Waals surface area (Å²) in [6.45, 7) is 10.6. The lowest BCUT2D eigenvalue weighted by Crippen LogP contribution is -1.89. The molecule has 11 heavy (non-hydrogen) atoms. The molecule has 0 bridgehead atoms. The lowest BCUT2D eigenvalue weighted by molar-refractivity contribution is 1.41. The van der Waals surface area contributed by atoms with Crippen LogP contribution in [0.3, 0.4) is 0 Å². The molecule has 0 saturated carbocycles. The molecule has 0 radical (unpaired) electrons. The van der Waals surface area contributed by atoms with Gasteiger partial charge in [0, 0.05) is 5.69 Å². The van der Waals surface area contributed by atoms with Crippen LogP contribution in [-0.2, 0) is 0 Å². The van der Waals surface area contributed by atoms with Crippen molar-refractivity contribution in [2.45, 2.75) is 13.8 Å². The third kappa shape index (κ3) is 1.32. The van der Waals surface area contributed by atoms with Gasteiger partial charge in [-0.1, -0.05) is 6.07 Å². The van der Waals surface area contributed by atoms with Crippen LogP contribution in [0.2, 0.25) is 0 Å². The van der Waals surface area contributed by atoms with Gasteiger partial charge >= 0.3 is 0 Å². The maximum absolute atomic E-state index is 6.84. The molecule has 0 heterocycles. The van der Waals surface area contributed by atoms with Crippen molar-refractivity contribution in [3.05, 3.63) is 34.7 Å². The number of nitrogens with two attached hydrogens (primary N) is 1. The highest BCUT2D eigenvalue weighted by molar-refractivity contribution is 5.62. The Hall–Kier alpha value is -1.49. The second-order valence-electron chi connectivity index (χ2n) is 2.61. The predicted octanol–water partition coefficient (Wildman–Crippen LogP) is 2.44. The number of nitrogens with zero attached hydrogens (tertiary/aromatic N) is 1. The molecule has 0 saturated heterocycles. The average Bonchev–Trinajstić information content (AvgIpc) is 1.97. The summed E-state index contributed by atoms with van der Waals surface area (Å²) < 4.78 is 0. The molecule has 1 aromatic carbocycles. The molecule has 0 amide bonds. The number of hydrogen-bond acceptors (Lipinski definition) is 1. The highest BCUT2D eigenvalue weighted by atomic mass is 14.7. The van der Waals surface area contributed by atoms with Crippen LogP contribution >= 0.6 is 0 Å². The molecule has 2 heteroatoms. The van der Waals surface area contributed by atoms with Gasteiger partial charge in [0.2, 0.25) is 0 Å². The molecule has 1 rings (SSSR count). The van der Waals surface area contributed by atoms with E-state index in [1.165, 1.54) is 0 Å². The second kappa shape index (κ2) is 2.63. The van der Waals surface area contributed by atoms with E-state index in [0.717, 1.165) is 16.8 Å². The zero-order chi connectivity index (χ0) is 8.43. The van der Waals surface area contributed by atoms with Crippen LogP contribution < -0.4 is 5.73 Å². The smallest absolute Gasteiger partial charge is 0.190 e. The quantitative estimate of drug-likeness (QED) is 0.442. The fourth-order valence-corrected chi connectivity index (χ4v) is 0.944. The maximum Gasteiger partial charge on any atom is 0.190 e. The molecule has 0 atom stereocenters. The van der Waals surface area contributed by atoms with E-state index in [0.29, 0.717) is 5.69 Å². The number of aryl methyl sites for hydroxylation is 2. The maximum atomic E-state index is 6.84. The van der Waals surface area contributed by atoms with E-state index in [4.69, 9.17) is 12.3 Å². The van der Waals surface area contributed by atoms with E-state index in [2.05, 4.69) is 4.85 Å². The monoisotopic (exact) mass is 146 g/mol. The van der Waals surface area contributed by atoms with E-state index < -0.39 is 0 Å². The third-order valence-corrected chi connectivity index (χ3v) is 1.71. The van der Waals surface area contributed by atoms with E-state index in [9.17, 15) is 0 Å². The Morgan fingerprint density at radius 3 is 2.45 bits per heavy atom. The summed E-state index contributed by atoms with van der Waals surface area (Å²) in [5.74, 6) is 0. The Labute approximate surface area is 66.5 Å². The van der Waals surface area contributed by atoms with Crippen LogP contribution in [0.4, 0.5) is 11.4 Å². The minimum Gasteiger partial charge on any atom is -0.399 e. The van der Waals surface area contributed by atoms with Gasteiger partial charge in [0.05, 0.1) is 6.57 Å². The topological polar surface area (TPSA) is 30.4 Å². The van der Waals surface area contributed by atoms with Crippen LogP contribution in [0, 0.1) is 20.4 Å². The molecule has 1 aromatic rings. The molecular weight excluding hydrogens is 136 g/mol. The van der Waals surface area contributed by atoms with Crippen LogP contribution in [-0.4, -0.2) is 0 Å². The van der Waals surface area contributed by atoms with Crippen LogP contribution in [0.5, 0.6) is 0 Å². The van der Waals surface area contributed by atoms with E-state index >= 15 is 0 Å². The molecule has 0 spiro atoms. The van der Waals surface area contributed by atoms with Crippen LogP contribution in [0.25, 0.3) is 4.85 Å². The Bertz CT molecular complexity index is 321. The lowest BCUT2D eigenvalue weighted by atomic mass is 10.1. The molecule has 0 aliphatic carbocycles. The van der Waals surface area contributed by atoms with Crippen molar-refractivity contribution in [2.75, 3.05) is 5.73 Å². The zero-order valence-corrected chi connectivity index (χ0v) is 6.68. The molecular formula is C9H10N2. The number of hydrogen-bond donors (Lipinski definition) is 1. The summed E-state index contributed by atoms with van der Waals surface area (Å²) in [4.78, 5) is 3.37. The first-order valence-electron chi connectivity index (χ1n) is 3.39. The van der Waals surface area contributed by atoms with Crippen molar-refractivity contribution < 1.29 is 0 Å². The minimum atomic E-state index is 0.691. The molecule has 0 aliphatic rings. The molecule has 2 nitrogen and oxygen atoms in total. The highest BCUT2D eigenvalue weighted by Crippen LogP contribution is 2.24. The van der Waals surface area contributed by atoms with Gasteiger partial charge in [-0.25, -0.2) is 4.85 Å². The Morgan fingerprint density at radius 1 is 1.27 bits per heavy atom. The first kappa shape index (κ1) is 7.62. The van der Waals surface area contributed by atoms with Crippen molar-refractivity contribution >= 4 is 11.4 Å². The van der Waals surface area contributed by atoms with Gasteiger partial charge in [0.25, 0.3) is 0 Å². The van der Waals surface area contributed by atoms with Gasteiger partial charge in [0.1, 0.15) is 0 Å². The van der Waals surface area contributed by atoms with Gasteiger partial charge in [0.15, 0.2) is 5.69 Å². The SMILES string of the molecule is [C-]#[N+]c1cc(C)c(N)cc1C. The lowest BCUT2D eigenvalue weighted by Gasteiger charge is -2.02. The third-order valence-electron chi connectivity index (χ3n) is 1.71. The summed E-state index contributed by atoms with van der Waals surface area (Å²) in [6.07, 6.45) is 0. The number of anilines is 1. The number of benzene rings is 1. The van der Waals surface area contributed by atoms with Crippen molar-refractivity contribution in [1.29, 1.82) is 0 Å². The summed E-state index contributed by atoms with van der Waals surface area (Å²) >= 11 is 0. The summed E-state index contributed by atoms with van der Waals surface area (Å²) in [5, 5.41) is 0. The highest BCUT2D eigenvalue weighted by Gasteiger charge is 1.99. The fraction of sp³-hybridized carbons (Fsp3) is 0.222. The Balaban J connectivity index is 3.35. The van der Waals surface area contributed by atoms with Crippen molar-refractivity contribution in [3.8, 4) is 0 Å². The van der Waals surface area contributed by atoms with Crippen molar-refractivity contribution in [1.82, 2.24) is 0 Å². The molecule has 0 fully saturated rings. The predicted molar refractivity (Wildman–Crippen MR) is 46.6 cm³/mol. The van der Waals surface area contributed by atoms with E-state index in [-0.39, 0.29) is 0 Å². The Kier molecular flexibility index (Phi) is 1.82. The minimum absolute atomic E-state index is 0.691. The van der Waals surface area contributed by atoms with Crippen molar-refractivity contribution in [3.63, 3.8) is 0 Å². The molecule has 0 unspecified atom stereocenters. The van der Waals surface area contributed by atoms with E-state index in [1.807, 2.05) is 26.0 Å². The summed E-state index contributed by atoms with van der Waals surface area (Å²) in [7, 11) is 0. The average molecular weight is 146 g/mol. The van der Waals surface area contributed by atoms with Crippen LogP contribution in [0.15, 0.2) is 12.1 Å².